The molecule has 0 amide bonds. The molecule has 124 valence electrons. The molecule has 7 heteroatoms. The molecule has 0 fully saturated rings. The molecular weight excluding hydrogens is 292 g/mol. The molecule has 0 atom stereocenters. The molecule has 1 heterocycles. The number of anilines is 2. The number of carbonyl (C=O) groups is 1. The monoisotopic (exact) mass is 316 g/mol. The van der Waals surface area contributed by atoms with Crippen molar-refractivity contribution in [3.63, 3.8) is 0 Å². The van der Waals surface area contributed by atoms with Crippen LogP contribution in [-0.4, -0.2) is 51.6 Å². The summed E-state index contributed by atoms with van der Waals surface area (Å²) in [6, 6.07) is 3.63. The first-order valence-electron chi connectivity index (χ1n) is 7.69. The number of fused-ring (bicyclic) bond motifs is 1. The van der Waals surface area contributed by atoms with Gasteiger partial charge in [0.05, 0.1) is 11.4 Å². The van der Waals surface area contributed by atoms with Crippen LogP contribution in [0.5, 0.6) is 0 Å². The molecule has 7 nitrogen and oxygen atoms in total. The smallest absolute Gasteiger partial charge is 0.172 e. The zero-order valence-electron chi connectivity index (χ0n) is 13.7. The van der Waals surface area contributed by atoms with Crippen molar-refractivity contribution in [1.29, 1.82) is 0 Å². The summed E-state index contributed by atoms with van der Waals surface area (Å²) >= 11 is 0. The third-order valence-corrected chi connectivity index (χ3v) is 3.86. The second-order valence-electron chi connectivity index (χ2n) is 5.51. The molecule has 1 aromatic rings. The summed E-state index contributed by atoms with van der Waals surface area (Å²) in [5, 5.41) is 3.04. The van der Waals surface area contributed by atoms with Crippen LogP contribution in [-0.2, 0) is 11.2 Å². The summed E-state index contributed by atoms with van der Waals surface area (Å²) in [6.45, 7) is 2.29. The van der Waals surface area contributed by atoms with Crippen LogP contribution in [0.2, 0.25) is 0 Å². The maximum atomic E-state index is 11.3. The van der Waals surface area contributed by atoms with Gasteiger partial charge in [-0.3, -0.25) is 9.79 Å². The highest BCUT2D eigenvalue weighted by atomic mass is 16.1. The van der Waals surface area contributed by atoms with Gasteiger partial charge in [-0.25, -0.2) is 4.99 Å². The topological polar surface area (TPSA) is 109 Å². The standard InChI is InChI=1S/C16H24N6O/c1-19-7-3-8-20-16(18)14(10-23)21-13-5-4-12(17)11-6-9-22(2)15(11)13/h4-5,10,19H,3,6-9,17H2,1-2H3,(H2,18,20). The minimum atomic E-state index is 0.154. The second-order valence-corrected chi connectivity index (χ2v) is 5.51. The summed E-state index contributed by atoms with van der Waals surface area (Å²) < 4.78 is 0. The zero-order chi connectivity index (χ0) is 16.8. The second kappa shape index (κ2) is 7.73. The van der Waals surface area contributed by atoms with E-state index in [4.69, 9.17) is 11.5 Å². The quantitative estimate of drug-likeness (QED) is 0.223. The molecule has 0 saturated heterocycles. The zero-order valence-corrected chi connectivity index (χ0v) is 13.7. The van der Waals surface area contributed by atoms with Crippen LogP contribution in [0.1, 0.15) is 12.0 Å². The minimum Gasteiger partial charge on any atom is -0.398 e. The van der Waals surface area contributed by atoms with Crippen molar-refractivity contribution < 1.29 is 4.79 Å². The van der Waals surface area contributed by atoms with Crippen molar-refractivity contribution in [2.75, 3.05) is 44.4 Å². The van der Waals surface area contributed by atoms with Gasteiger partial charge >= 0.3 is 0 Å². The highest BCUT2D eigenvalue weighted by Crippen LogP contribution is 2.39. The predicted octanol–water partition coefficient (Wildman–Crippen LogP) is 0.499. The van der Waals surface area contributed by atoms with Crippen LogP contribution in [0.4, 0.5) is 17.1 Å². The lowest BCUT2D eigenvalue weighted by molar-refractivity contribution is -0.102. The van der Waals surface area contributed by atoms with Crippen LogP contribution < -0.4 is 21.7 Å². The molecule has 1 aromatic carbocycles. The number of benzene rings is 1. The number of likely N-dealkylation sites (N-methyl/N-ethyl adjacent to an activating group) is 1. The van der Waals surface area contributed by atoms with Gasteiger partial charge in [0.1, 0.15) is 11.5 Å². The molecule has 1 aliphatic rings. The van der Waals surface area contributed by atoms with Crippen molar-refractivity contribution in [3.05, 3.63) is 17.7 Å². The summed E-state index contributed by atoms with van der Waals surface area (Å²) in [6.07, 6.45) is 2.38. The number of carbonyl (C=O) groups excluding carboxylic acids is 1. The SMILES string of the molecule is CNCCCN=C(N)C(C=O)=Nc1ccc(N)c2c1N(C)CC2. The van der Waals surface area contributed by atoms with Crippen molar-refractivity contribution in [2.24, 2.45) is 15.7 Å². The first-order valence-corrected chi connectivity index (χ1v) is 7.69. The number of nitrogen functional groups attached to an aromatic ring is 1. The van der Waals surface area contributed by atoms with E-state index in [1.807, 2.05) is 26.2 Å². The maximum Gasteiger partial charge on any atom is 0.172 e. The fourth-order valence-corrected chi connectivity index (χ4v) is 2.62. The normalized spacial score (nSPS) is 15.0. The van der Waals surface area contributed by atoms with Crippen molar-refractivity contribution in [3.8, 4) is 0 Å². The molecule has 5 N–H and O–H groups in total. The Kier molecular flexibility index (Phi) is 5.70. The molecule has 0 radical (unpaired) electrons. The first-order chi connectivity index (χ1) is 11.1. The van der Waals surface area contributed by atoms with Crippen LogP contribution in [0.25, 0.3) is 0 Å². The first kappa shape index (κ1) is 17.0. The van der Waals surface area contributed by atoms with Gasteiger partial charge in [0.2, 0.25) is 0 Å². The highest BCUT2D eigenvalue weighted by Gasteiger charge is 2.22. The van der Waals surface area contributed by atoms with E-state index in [0.29, 0.717) is 18.5 Å². The van der Waals surface area contributed by atoms with Gasteiger partial charge < -0.3 is 21.7 Å². The summed E-state index contributed by atoms with van der Waals surface area (Å²) in [4.78, 5) is 22.1. The van der Waals surface area contributed by atoms with Gasteiger partial charge in [0, 0.05) is 31.4 Å². The van der Waals surface area contributed by atoms with Gasteiger partial charge in [-0.1, -0.05) is 0 Å². The number of nitrogens with two attached hydrogens (primary N) is 2. The van der Waals surface area contributed by atoms with E-state index in [9.17, 15) is 4.79 Å². The van der Waals surface area contributed by atoms with Crippen molar-refractivity contribution >= 4 is 34.9 Å². The number of nitrogens with zero attached hydrogens (tertiary/aromatic N) is 3. The number of hydrogen-bond donors (Lipinski definition) is 3. The minimum absolute atomic E-state index is 0.154. The fourth-order valence-electron chi connectivity index (χ4n) is 2.62. The Morgan fingerprint density at radius 3 is 2.96 bits per heavy atom. The molecule has 0 unspecified atom stereocenters. The Morgan fingerprint density at radius 2 is 2.26 bits per heavy atom. The Morgan fingerprint density at radius 1 is 1.48 bits per heavy atom. The molecule has 0 aliphatic carbocycles. The highest BCUT2D eigenvalue weighted by molar-refractivity contribution is 6.61. The summed E-state index contributed by atoms with van der Waals surface area (Å²) in [5.74, 6) is 0.169. The van der Waals surface area contributed by atoms with E-state index in [1.165, 1.54) is 0 Å². The number of aliphatic imine (C=N–C) groups is 2. The van der Waals surface area contributed by atoms with Crippen LogP contribution in [0.3, 0.4) is 0 Å². The lowest BCUT2D eigenvalue weighted by Gasteiger charge is -2.15. The van der Waals surface area contributed by atoms with Gasteiger partial charge in [-0.15, -0.1) is 0 Å². The Hall–Kier alpha value is -2.41. The van der Waals surface area contributed by atoms with E-state index >= 15 is 0 Å². The van der Waals surface area contributed by atoms with E-state index < -0.39 is 0 Å². The fraction of sp³-hybridized carbons (Fsp3) is 0.438. The molecule has 2 rings (SSSR count). The van der Waals surface area contributed by atoms with E-state index in [-0.39, 0.29) is 11.5 Å². The number of nitrogens with one attached hydrogen (secondary N) is 1. The molecule has 0 bridgehead atoms. The number of amidine groups is 1. The largest absolute Gasteiger partial charge is 0.398 e. The Labute approximate surface area is 136 Å². The van der Waals surface area contributed by atoms with Crippen LogP contribution in [0, 0.1) is 0 Å². The molecular formula is C16H24N6O. The average molecular weight is 316 g/mol. The number of rotatable bonds is 7. The van der Waals surface area contributed by atoms with Crippen molar-refractivity contribution in [2.45, 2.75) is 12.8 Å². The van der Waals surface area contributed by atoms with E-state index in [2.05, 4.69) is 20.2 Å². The molecule has 23 heavy (non-hydrogen) atoms. The third-order valence-electron chi connectivity index (χ3n) is 3.86. The molecule has 0 spiro atoms. The average Bonchev–Trinajstić information content (AvgIpc) is 2.94. The summed E-state index contributed by atoms with van der Waals surface area (Å²) in [5.41, 5.74) is 15.6. The lowest BCUT2D eigenvalue weighted by Crippen LogP contribution is -2.26. The molecule has 1 aliphatic heterocycles. The number of hydrogen-bond acceptors (Lipinski definition) is 6. The molecule has 0 aromatic heterocycles. The predicted molar refractivity (Wildman–Crippen MR) is 96.0 cm³/mol. The van der Waals surface area contributed by atoms with Gasteiger partial charge in [0.25, 0.3) is 0 Å². The molecule has 0 saturated carbocycles. The van der Waals surface area contributed by atoms with Crippen molar-refractivity contribution in [1.82, 2.24) is 5.32 Å². The van der Waals surface area contributed by atoms with E-state index in [1.54, 1.807) is 0 Å². The van der Waals surface area contributed by atoms with Gasteiger partial charge in [-0.05, 0) is 38.6 Å². The Bertz CT molecular complexity index is 638. The van der Waals surface area contributed by atoms with Gasteiger partial charge in [-0.2, -0.15) is 0 Å². The van der Waals surface area contributed by atoms with Crippen LogP contribution >= 0.6 is 0 Å². The lowest BCUT2D eigenvalue weighted by atomic mass is 10.1. The third kappa shape index (κ3) is 3.87. The summed E-state index contributed by atoms with van der Waals surface area (Å²) in [7, 11) is 3.86. The van der Waals surface area contributed by atoms with Gasteiger partial charge in [0.15, 0.2) is 6.29 Å². The number of aldehydes is 1. The Balaban J connectivity index is 2.29. The van der Waals surface area contributed by atoms with E-state index in [0.717, 1.165) is 42.9 Å². The van der Waals surface area contributed by atoms with Crippen LogP contribution in [0.15, 0.2) is 22.1 Å². The maximum absolute atomic E-state index is 11.3.